The number of rotatable bonds is 8. The van der Waals surface area contributed by atoms with E-state index in [2.05, 4.69) is 20.9 Å². The molecule has 0 N–H and O–H groups in total. The average Bonchev–Trinajstić information content (AvgIpc) is 3.19. The minimum Gasteiger partial charge on any atom is -0.490 e. The van der Waals surface area contributed by atoms with Crippen LogP contribution in [0.4, 0.5) is 10.1 Å². The van der Waals surface area contributed by atoms with Crippen molar-refractivity contribution in [1.82, 2.24) is 0 Å². The number of carbonyl (C=O) groups is 1. The van der Waals surface area contributed by atoms with E-state index in [1.807, 2.05) is 6.92 Å². The van der Waals surface area contributed by atoms with Crippen molar-refractivity contribution in [3.63, 3.8) is 0 Å². The van der Waals surface area contributed by atoms with Crippen molar-refractivity contribution in [3.05, 3.63) is 103 Å². The number of aryl methyl sites for hydroxylation is 1. The zero-order valence-corrected chi connectivity index (χ0v) is 20.9. The smallest absolute Gasteiger partial charge is 0.363 e. The number of nitrogens with zero attached hydrogens (tertiary/aromatic N) is 2. The Balaban J connectivity index is 1.60. The highest BCUT2D eigenvalue weighted by molar-refractivity contribution is 9.10. The predicted molar refractivity (Wildman–Crippen MR) is 134 cm³/mol. The van der Waals surface area contributed by atoms with Crippen molar-refractivity contribution in [2.45, 2.75) is 20.5 Å². The van der Waals surface area contributed by atoms with Gasteiger partial charge in [-0.25, -0.2) is 14.2 Å². The van der Waals surface area contributed by atoms with Crippen molar-refractivity contribution in [3.8, 4) is 11.5 Å². The Morgan fingerprint density at radius 2 is 1.89 bits per heavy atom. The van der Waals surface area contributed by atoms with E-state index < -0.39 is 10.9 Å². The lowest BCUT2D eigenvalue weighted by atomic mass is 10.1. The van der Waals surface area contributed by atoms with Gasteiger partial charge in [-0.3, -0.25) is 10.1 Å². The first-order valence-corrected chi connectivity index (χ1v) is 11.7. The molecule has 1 heterocycles. The SMILES string of the molecule is CCOc1cc(/C=C2\N=C(c3ccc([N+](=O)[O-])c(C)c3)OC2=O)cc(Br)c1OCc1ccc(F)cc1. The summed E-state index contributed by atoms with van der Waals surface area (Å²) >= 11 is 3.49. The largest absolute Gasteiger partial charge is 0.490 e. The predicted octanol–water partition coefficient (Wildman–Crippen LogP) is 6.13. The third-order valence-electron chi connectivity index (χ3n) is 5.19. The second-order valence-electron chi connectivity index (χ2n) is 7.77. The number of hydrogen-bond donors (Lipinski definition) is 0. The number of ether oxygens (including phenoxy) is 3. The molecule has 0 radical (unpaired) electrons. The minimum absolute atomic E-state index is 0.0329. The number of aliphatic imine (C=N–C) groups is 1. The molecule has 0 saturated carbocycles. The molecule has 36 heavy (non-hydrogen) atoms. The summed E-state index contributed by atoms with van der Waals surface area (Å²) in [6.45, 7) is 4.01. The van der Waals surface area contributed by atoms with Gasteiger partial charge in [0.05, 0.1) is 16.0 Å². The molecule has 0 atom stereocenters. The van der Waals surface area contributed by atoms with E-state index in [1.165, 1.54) is 24.3 Å². The third kappa shape index (κ3) is 5.60. The molecule has 184 valence electrons. The van der Waals surface area contributed by atoms with Gasteiger partial charge in [0, 0.05) is 17.2 Å². The molecule has 3 aromatic carbocycles. The maximum Gasteiger partial charge on any atom is 0.363 e. The second kappa shape index (κ2) is 10.7. The first kappa shape index (κ1) is 25.1. The van der Waals surface area contributed by atoms with Crippen LogP contribution in [0, 0.1) is 22.9 Å². The Bertz CT molecular complexity index is 1400. The van der Waals surface area contributed by atoms with Crippen LogP contribution in [0.5, 0.6) is 11.5 Å². The Kier molecular flexibility index (Phi) is 7.44. The average molecular weight is 555 g/mol. The van der Waals surface area contributed by atoms with Gasteiger partial charge in [0.25, 0.3) is 5.69 Å². The number of esters is 1. The lowest BCUT2D eigenvalue weighted by Crippen LogP contribution is -2.06. The van der Waals surface area contributed by atoms with Crippen molar-refractivity contribution >= 4 is 39.6 Å². The van der Waals surface area contributed by atoms with E-state index in [-0.39, 0.29) is 29.7 Å². The number of carbonyl (C=O) groups excluding carboxylic acids is 1. The monoisotopic (exact) mass is 554 g/mol. The number of hydrogen-bond acceptors (Lipinski definition) is 7. The highest BCUT2D eigenvalue weighted by Crippen LogP contribution is 2.38. The molecule has 10 heteroatoms. The molecule has 0 spiro atoms. The number of nitro groups is 1. The summed E-state index contributed by atoms with van der Waals surface area (Å²) in [7, 11) is 0. The molecule has 1 aliphatic heterocycles. The molecule has 1 aliphatic rings. The Morgan fingerprint density at radius 1 is 1.14 bits per heavy atom. The molecule has 0 bridgehead atoms. The van der Waals surface area contributed by atoms with E-state index in [9.17, 15) is 19.3 Å². The quantitative estimate of drug-likeness (QED) is 0.144. The van der Waals surface area contributed by atoms with Crippen molar-refractivity contribution in [1.29, 1.82) is 0 Å². The molecule has 0 aliphatic carbocycles. The van der Waals surface area contributed by atoms with Gasteiger partial charge in [-0.05, 0) is 83.4 Å². The van der Waals surface area contributed by atoms with E-state index in [4.69, 9.17) is 14.2 Å². The molecular weight excluding hydrogens is 535 g/mol. The van der Waals surface area contributed by atoms with Gasteiger partial charge in [0.1, 0.15) is 12.4 Å². The lowest BCUT2D eigenvalue weighted by Gasteiger charge is -2.15. The topological polar surface area (TPSA) is 100 Å². The van der Waals surface area contributed by atoms with Crippen LogP contribution in [0.3, 0.4) is 0 Å². The molecule has 0 unspecified atom stereocenters. The summed E-state index contributed by atoms with van der Waals surface area (Å²) < 4.78 is 30.7. The summed E-state index contributed by atoms with van der Waals surface area (Å²) in [5.74, 6) is -0.00289. The highest BCUT2D eigenvalue weighted by Gasteiger charge is 2.26. The molecule has 0 fully saturated rings. The summed E-state index contributed by atoms with van der Waals surface area (Å²) in [6.07, 6.45) is 1.55. The number of nitro benzene ring substituents is 1. The van der Waals surface area contributed by atoms with Crippen LogP contribution >= 0.6 is 15.9 Å². The van der Waals surface area contributed by atoms with Crippen molar-refractivity contribution < 1.29 is 28.3 Å². The maximum absolute atomic E-state index is 13.2. The van der Waals surface area contributed by atoms with Crippen molar-refractivity contribution in [2.24, 2.45) is 4.99 Å². The molecule has 0 amide bonds. The Hall–Kier alpha value is -4.05. The van der Waals surface area contributed by atoms with Crippen molar-refractivity contribution in [2.75, 3.05) is 6.61 Å². The fourth-order valence-corrected chi connectivity index (χ4v) is 4.07. The zero-order valence-electron chi connectivity index (χ0n) is 19.3. The molecule has 0 aromatic heterocycles. The van der Waals surface area contributed by atoms with Gasteiger partial charge in [-0.15, -0.1) is 0 Å². The first-order valence-electron chi connectivity index (χ1n) is 10.9. The van der Waals surface area contributed by atoms with E-state index in [0.717, 1.165) is 5.56 Å². The first-order chi connectivity index (χ1) is 17.2. The van der Waals surface area contributed by atoms with Gasteiger partial charge in [-0.1, -0.05) is 12.1 Å². The van der Waals surface area contributed by atoms with Gasteiger partial charge < -0.3 is 14.2 Å². The van der Waals surface area contributed by atoms with Gasteiger partial charge >= 0.3 is 5.97 Å². The van der Waals surface area contributed by atoms with Crippen LogP contribution in [0.15, 0.2) is 69.8 Å². The van der Waals surface area contributed by atoms with E-state index in [0.29, 0.717) is 39.3 Å². The molecule has 0 saturated heterocycles. The normalized spacial score (nSPS) is 13.9. The van der Waals surface area contributed by atoms with Crippen LogP contribution in [0.1, 0.15) is 29.2 Å². The van der Waals surface area contributed by atoms with Crippen LogP contribution in [0.25, 0.3) is 6.08 Å². The van der Waals surface area contributed by atoms with E-state index in [1.54, 1.807) is 43.3 Å². The van der Waals surface area contributed by atoms with Crippen LogP contribution < -0.4 is 9.47 Å². The highest BCUT2D eigenvalue weighted by atomic mass is 79.9. The maximum atomic E-state index is 13.2. The minimum atomic E-state index is -0.647. The standard InChI is InChI=1S/C26H20BrFN2O6/c1-3-34-23-13-17(11-20(27)24(23)35-14-16-4-7-19(28)8-5-16)12-21-26(31)36-25(29-21)18-6-9-22(30(32)33)15(2)10-18/h4-13H,3,14H2,1-2H3/b21-12-. The van der Waals surface area contributed by atoms with Crippen LogP contribution in [-0.4, -0.2) is 23.4 Å². The zero-order chi connectivity index (χ0) is 25.8. The molecule has 4 rings (SSSR count). The van der Waals surface area contributed by atoms with Crippen LogP contribution in [-0.2, 0) is 16.1 Å². The fraction of sp³-hybridized carbons (Fsp3) is 0.154. The Labute approximate surface area is 214 Å². The summed E-state index contributed by atoms with van der Waals surface area (Å²) in [5, 5.41) is 11.1. The van der Waals surface area contributed by atoms with Gasteiger partial charge in [0.2, 0.25) is 5.90 Å². The lowest BCUT2D eigenvalue weighted by molar-refractivity contribution is -0.385. The third-order valence-corrected chi connectivity index (χ3v) is 5.78. The second-order valence-corrected chi connectivity index (χ2v) is 8.63. The summed E-state index contributed by atoms with van der Waals surface area (Å²) in [5.41, 5.74) is 2.31. The Morgan fingerprint density at radius 3 is 2.56 bits per heavy atom. The molecule has 8 nitrogen and oxygen atoms in total. The summed E-state index contributed by atoms with van der Waals surface area (Å²) in [6, 6.07) is 13.8. The summed E-state index contributed by atoms with van der Waals surface area (Å²) in [4.78, 5) is 27.3. The molecule has 3 aromatic rings. The fourth-order valence-electron chi connectivity index (χ4n) is 3.49. The number of cyclic esters (lactones) is 1. The van der Waals surface area contributed by atoms with E-state index >= 15 is 0 Å². The number of halogens is 2. The molecular formula is C26H20BrFN2O6. The van der Waals surface area contributed by atoms with Gasteiger partial charge in [0.15, 0.2) is 17.2 Å². The van der Waals surface area contributed by atoms with Crippen LogP contribution in [0.2, 0.25) is 0 Å². The number of benzene rings is 3. The van der Waals surface area contributed by atoms with Gasteiger partial charge in [-0.2, -0.15) is 0 Å².